The highest BCUT2D eigenvalue weighted by atomic mass is 16.7. The lowest BCUT2D eigenvalue weighted by Crippen LogP contribution is -2.59. The molecule has 1 N–H and O–H groups in total. The van der Waals surface area contributed by atoms with Crippen LogP contribution in [0.25, 0.3) is 0 Å². The highest BCUT2D eigenvalue weighted by Crippen LogP contribution is 2.38. The summed E-state index contributed by atoms with van der Waals surface area (Å²) in [6.07, 6.45) is 3.52. The molecule has 4 heterocycles. The Morgan fingerprint density at radius 2 is 1.80 bits per heavy atom. The maximum absolute atomic E-state index is 14.2. The molecule has 260 valence electrons. The molecule has 0 spiro atoms. The minimum absolute atomic E-state index is 0.0234. The molecule has 0 bridgehead atoms. The van der Waals surface area contributed by atoms with Crippen LogP contribution < -0.4 is 0 Å². The van der Waals surface area contributed by atoms with E-state index in [4.69, 9.17) is 18.9 Å². The predicted octanol–water partition coefficient (Wildman–Crippen LogP) is 2.24. The first-order chi connectivity index (χ1) is 21.6. The molecule has 0 aromatic carbocycles. The molecular formula is C34H57N5O7. The fourth-order valence-corrected chi connectivity index (χ4v) is 7.68. The SMILES string of the molecule is CO[C@]1(C)C[C@@H](C)CN(C)[C@H](C2CN(Cc3cnccn3)C2)COC(=O)C(C)(C)C(=O)[C@H](C)[C@H]1O[C@@H]1O[C@H](C)C[C@H](N(C)C)[C@H]1O. The largest absolute Gasteiger partial charge is 0.463 e. The summed E-state index contributed by atoms with van der Waals surface area (Å²) in [5, 5.41) is 11.3. The quantitative estimate of drug-likeness (QED) is 0.345. The Labute approximate surface area is 275 Å². The highest BCUT2D eigenvalue weighted by molar-refractivity contribution is 6.04. The number of aromatic nitrogens is 2. The Bertz CT molecular complexity index is 1170. The van der Waals surface area contributed by atoms with Crippen LogP contribution in [0.4, 0.5) is 0 Å². The number of Topliss-reactive ketones (excluding diaryl/α,β-unsaturated/α-hetero) is 1. The second-order valence-electron chi connectivity index (χ2n) is 15.0. The van der Waals surface area contributed by atoms with E-state index in [-0.39, 0.29) is 42.4 Å². The van der Waals surface area contributed by atoms with Gasteiger partial charge in [-0.25, -0.2) is 0 Å². The number of likely N-dealkylation sites (N-methyl/N-ethyl adjacent to an activating group) is 2. The lowest BCUT2D eigenvalue weighted by Gasteiger charge is -2.47. The third kappa shape index (κ3) is 8.14. The lowest BCUT2D eigenvalue weighted by atomic mass is 9.74. The first-order valence-electron chi connectivity index (χ1n) is 16.7. The van der Waals surface area contributed by atoms with E-state index in [0.29, 0.717) is 12.8 Å². The zero-order valence-corrected chi connectivity index (χ0v) is 29.5. The first kappa shape index (κ1) is 36.8. The van der Waals surface area contributed by atoms with Crippen molar-refractivity contribution in [1.82, 2.24) is 24.7 Å². The van der Waals surface area contributed by atoms with E-state index in [2.05, 4.69) is 33.7 Å². The number of ketones is 1. The number of hydrogen-bond acceptors (Lipinski definition) is 12. The third-order valence-electron chi connectivity index (χ3n) is 10.5. The summed E-state index contributed by atoms with van der Waals surface area (Å²) in [6.45, 7) is 14.4. The maximum atomic E-state index is 14.2. The van der Waals surface area contributed by atoms with Gasteiger partial charge in [-0.1, -0.05) is 13.8 Å². The average molecular weight is 648 g/mol. The number of carbonyl (C=O) groups is 2. The fraction of sp³-hybridized carbons (Fsp3) is 0.824. The molecule has 0 radical (unpaired) electrons. The number of methoxy groups -OCH3 is 1. The third-order valence-corrected chi connectivity index (χ3v) is 10.5. The number of ether oxygens (including phenoxy) is 4. The summed E-state index contributed by atoms with van der Waals surface area (Å²) in [5.41, 5.74) is -1.44. The van der Waals surface area contributed by atoms with Crippen molar-refractivity contribution in [2.24, 2.45) is 23.2 Å². The Morgan fingerprint density at radius 3 is 2.41 bits per heavy atom. The number of esters is 1. The van der Waals surface area contributed by atoms with E-state index in [9.17, 15) is 14.7 Å². The van der Waals surface area contributed by atoms with Gasteiger partial charge >= 0.3 is 5.97 Å². The van der Waals surface area contributed by atoms with Crippen LogP contribution in [0.15, 0.2) is 18.6 Å². The minimum Gasteiger partial charge on any atom is -0.463 e. The van der Waals surface area contributed by atoms with Crippen molar-refractivity contribution in [3.05, 3.63) is 24.3 Å². The van der Waals surface area contributed by atoms with Crippen molar-refractivity contribution in [3.63, 3.8) is 0 Å². The summed E-state index contributed by atoms with van der Waals surface area (Å²) in [5.74, 6) is -1.20. The molecule has 3 aliphatic heterocycles. The Kier molecular flexibility index (Phi) is 12.0. The Balaban J connectivity index is 1.59. The monoisotopic (exact) mass is 647 g/mol. The van der Waals surface area contributed by atoms with Crippen LogP contribution in [0.5, 0.6) is 0 Å². The number of rotatable bonds is 7. The molecule has 3 saturated heterocycles. The van der Waals surface area contributed by atoms with Crippen LogP contribution in [-0.4, -0.2) is 138 Å². The molecule has 3 aliphatic rings. The molecule has 4 rings (SSSR count). The van der Waals surface area contributed by atoms with Crippen LogP contribution in [0.3, 0.4) is 0 Å². The van der Waals surface area contributed by atoms with Gasteiger partial charge in [-0.05, 0) is 67.6 Å². The molecule has 0 aliphatic carbocycles. The molecule has 12 heteroatoms. The topological polar surface area (TPSA) is 127 Å². The van der Waals surface area contributed by atoms with Gasteiger partial charge in [-0.3, -0.25) is 29.4 Å². The molecule has 9 atom stereocenters. The Hall–Kier alpha value is -2.06. The lowest BCUT2D eigenvalue weighted by molar-refractivity contribution is -0.295. The van der Waals surface area contributed by atoms with Gasteiger partial charge in [-0.15, -0.1) is 0 Å². The molecule has 3 fully saturated rings. The average Bonchev–Trinajstić information content (AvgIpc) is 2.98. The molecule has 12 nitrogen and oxygen atoms in total. The van der Waals surface area contributed by atoms with Crippen molar-refractivity contribution >= 4 is 11.8 Å². The van der Waals surface area contributed by atoms with Crippen LogP contribution >= 0.6 is 0 Å². The normalized spacial score (nSPS) is 37.6. The predicted molar refractivity (Wildman–Crippen MR) is 173 cm³/mol. The summed E-state index contributed by atoms with van der Waals surface area (Å²) < 4.78 is 25.0. The van der Waals surface area contributed by atoms with E-state index >= 15 is 0 Å². The van der Waals surface area contributed by atoms with E-state index < -0.39 is 41.4 Å². The van der Waals surface area contributed by atoms with Gasteiger partial charge in [0.15, 0.2) is 12.1 Å². The number of carbonyl (C=O) groups excluding carboxylic acids is 2. The van der Waals surface area contributed by atoms with Crippen molar-refractivity contribution in [2.45, 2.75) is 103 Å². The number of aliphatic hydroxyl groups is 1. The van der Waals surface area contributed by atoms with E-state index in [1.807, 2.05) is 32.8 Å². The maximum Gasteiger partial charge on any atom is 0.319 e. The Morgan fingerprint density at radius 1 is 1.11 bits per heavy atom. The summed E-state index contributed by atoms with van der Waals surface area (Å²) in [6, 6.07) is -0.202. The van der Waals surface area contributed by atoms with Crippen LogP contribution in [0.1, 0.15) is 60.1 Å². The second kappa shape index (κ2) is 15.0. The zero-order chi connectivity index (χ0) is 34.0. The van der Waals surface area contributed by atoms with Crippen molar-refractivity contribution < 1.29 is 33.6 Å². The molecule has 1 aromatic rings. The number of nitrogens with zero attached hydrogens (tertiary/aromatic N) is 5. The number of aliphatic hydroxyl groups excluding tert-OH is 1. The van der Waals surface area contributed by atoms with Gasteiger partial charge in [0.25, 0.3) is 0 Å². The molecule has 0 amide bonds. The zero-order valence-electron chi connectivity index (χ0n) is 29.5. The molecule has 46 heavy (non-hydrogen) atoms. The van der Waals surface area contributed by atoms with Gasteiger partial charge < -0.3 is 29.0 Å². The van der Waals surface area contributed by atoms with Crippen molar-refractivity contribution in [3.8, 4) is 0 Å². The molecule has 0 saturated carbocycles. The van der Waals surface area contributed by atoms with Gasteiger partial charge in [0.1, 0.15) is 18.1 Å². The van der Waals surface area contributed by atoms with E-state index in [1.165, 1.54) is 0 Å². The van der Waals surface area contributed by atoms with Gasteiger partial charge in [0.2, 0.25) is 0 Å². The van der Waals surface area contributed by atoms with E-state index in [1.54, 1.807) is 46.5 Å². The summed E-state index contributed by atoms with van der Waals surface area (Å²) in [7, 11) is 7.55. The standard InChI is InChI=1S/C34H57N5O7/c1-21-14-34(6,43-10)30(46-31-28(40)26(37(7)8)13-22(2)45-31)23(3)29(41)33(4,5)32(42)44-20-27(38(9)16-21)24-17-39(18-24)19-25-15-35-11-12-36-25/h11-12,15,21-24,26-28,30-31,40H,13-14,16-20H2,1-10H3/t21-,22-,23+,26+,27+,28-,30-,31+,34-/m1/s1. The molecule has 1 aromatic heterocycles. The summed E-state index contributed by atoms with van der Waals surface area (Å²) in [4.78, 5) is 43.0. The summed E-state index contributed by atoms with van der Waals surface area (Å²) >= 11 is 0. The number of hydrogen-bond donors (Lipinski definition) is 1. The smallest absolute Gasteiger partial charge is 0.319 e. The first-order valence-corrected chi connectivity index (χ1v) is 16.7. The second-order valence-corrected chi connectivity index (χ2v) is 15.0. The van der Waals surface area contributed by atoms with Gasteiger partial charge in [-0.2, -0.15) is 0 Å². The fourth-order valence-electron chi connectivity index (χ4n) is 7.68. The van der Waals surface area contributed by atoms with E-state index in [0.717, 1.165) is 31.9 Å². The molecule has 0 unspecified atom stereocenters. The van der Waals surface area contributed by atoms with Crippen molar-refractivity contribution in [1.29, 1.82) is 0 Å². The van der Waals surface area contributed by atoms with Crippen LogP contribution in [0, 0.1) is 23.2 Å². The van der Waals surface area contributed by atoms with Crippen LogP contribution in [-0.2, 0) is 35.1 Å². The number of cyclic esters (lactones) is 1. The van der Waals surface area contributed by atoms with Crippen molar-refractivity contribution in [2.75, 3.05) is 54.5 Å². The highest BCUT2D eigenvalue weighted by Gasteiger charge is 2.52. The minimum atomic E-state index is -1.43. The van der Waals surface area contributed by atoms with Gasteiger partial charge in [0.05, 0.1) is 23.5 Å². The van der Waals surface area contributed by atoms with Crippen LogP contribution in [0.2, 0.25) is 0 Å². The molecular weight excluding hydrogens is 590 g/mol. The van der Waals surface area contributed by atoms with Gasteiger partial charge in [0, 0.05) is 75.8 Å². The number of likely N-dealkylation sites (tertiary alicyclic amines) is 1.